The number of benzene rings is 2. The predicted octanol–water partition coefficient (Wildman–Crippen LogP) is 3.09. The van der Waals surface area contributed by atoms with E-state index in [2.05, 4.69) is 5.32 Å². The minimum atomic E-state index is -0.428. The summed E-state index contributed by atoms with van der Waals surface area (Å²) < 4.78 is 15.8. The van der Waals surface area contributed by atoms with Gasteiger partial charge in [-0.05, 0) is 42.7 Å². The fourth-order valence-corrected chi connectivity index (χ4v) is 2.91. The maximum atomic E-state index is 12.7. The van der Waals surface area contributed by atoms with E-state index >= 15 is 0 Å². The molecule has 1 aliphatic carbocycles. The number of amides is 1. The second-order valence-electron chi connectivity index (χ2n) is 5.83. The van der Waals surface area contributed by atoms with Crippen molar-refractivity contribution < 1.29 is 19.0 Å². The molecule has 4 rings (SSSR count). The summed E-state index contributed by atoms with van der Waals surface area (Å²) in [5, 5.41) is 3.00. The van der Waals surface area contributed by atoms with Crippen LogP contribution in [-0.2, 0) is 10.2 Å². The van der Waals surface area contributed by atoms with Crippen LogP contribution in [0.1, 0.15) is 18.4 Å². The highest BCUT2D eigenvalue weighted by atomic mass is 16.7. The Morgan fingerprint density at radius 3 is 2.52 bits per heavy atom. The Labute approximate surface area is 134 Å². The smallest absolute Gasteiger partial charge is 0.235 e. The molecule has 23 heavy (non-hydrogen) atoms. The van der Waals surface area contributed by atoms with Crippen LogP contribution in [0.4, 0.5) is 5.69 Å². The fourth-order valence-electron chi connectivity index (χ4n) is 2.91. The van der Waals surface area contributed by atoms with E-state index < -0.39 is 5.41 Å². The third-order valence-corrected chi connectivity index (χ3v) is 4.46. The van der Waals surface area contributed by atoms with Gasteiger partial charge in [0.05, 0.1) is 12.5 Å². The Kier molecular flexibility index (Phi) is 3.15. The first-order chi connectivity index (χ1) is 11.2. The maximum Gasteiger partial charge on any atom is 0.235 e. The van der Waals surface area contributed by atoms with Crippen LogP contribution in [0.25, 0.3) is 0 Å². The van der Waals surface area contributed by atoms with E-state index in [1.165, 1.54) is 0 Å². The first-order valence-corrected chi connectivity index (χ1v) is 7.57. The normalized spacial score (nSPS) is 16.7. The van der Waals surface area contributed by atoms with Crippen LogP contribution in [0.2, 0.25) is 0 Å². The molecule has 0 spiro atoms. The second kappa shape index (κ2) is 5.19. The molecule has 0 radical (unpaired) electrons. The molecule has 2 aliphatic rings. The Morgan fingerprint density at radius 2 is 1.83 bits per heavy atom. The number of methoxy groups -OCH3 is 1. The minimum Gasteiger partial charge on any atom is -0.497 e. The lowest BCUT2D eigenvalue weighted by molar-refractivity contribution is -0.118. The maximum absolute atomic E-state index is 12.7. The molecule has 0 saturated heterocycles. The SMILES string of the molecule is COc1ccc(C2(C(=O)Nc3ccc4c(c3)OCO4)CC2)cc1. The summed E-state index contributed by atoms with van der Waals surface area (Å²) in [6, 6.07) is 13.1. The minimum absolute atomic E-state index is 0.0153. The molecule has 0 bridgehead atoms. The van der Waals surface area contributed by atoms with Crippen molar-refractivity contribution in [2.24, 2.45) is 0 Å². The molecule has 1 saturated carbocycles. The summed E-state index contributed by atoms with van der Waals surface area (Å²) >= 11 is 0. The zero-order valence-corrected chi connectivity index (χ0v) is 12.8. The molecule has 118 valence electrons. The molecule has 5 heteroatoms. The average molecular weight is 311 g/mol. The van der Waals surface area contributed by atoms with Gasteiger partial charge in [0.2, 0.25) is 12.7 Å². The molecule has 0 unspecified atom stereocenters. The third-order valence-electron chi connectivity index (χ3n) is 4.46. The van der Waals surface area contributed by atoms with Crippen LogP contribution in [0.5, 0.6) is 17.2 Å². The van der Waals surface area contributed by atoms with Crippen molar-refractivity contribution in [3.8, 4) is 17.2 Å². The molecule has 1 amide bonds. The van der Waals surface area contributed by atoms with Crippen LogP contribution in [0, 0.1) is 0 Å². The van der Waals surface area contributed by atoms with E-state index in [-0.39, 0.29) is 12.7 Å². The van der Waals surface area contributed by atoms with Crippen LogP contribution in [0.3, 0.4) is 0 Å². The number of nitrogens with one attached hydrogen (secondary N) is 1. The number of hydrogen-bond donors (Lipinski definition) is 1. The Morgan fingerprint density at radius 1 is 1.09 bits per heavy atom. The van der Waals surface area contributed by atoms with Gasteiger partial charge in [-0.15, -0.1) is 0 Å². The molecular weight excluding hydrogens is 294 g/mol. The summed E-state index contributed by atoms with van der Waals surface area (Å²) in [6.07, 6.45) is 1.71. The molecule has 0 atom stereocenters. The molecule has 2 aromatic rings. The molecular formula is C18H17NO4. The average Bonchev–Trinajstić information content (AvgIpc) is 3.27. The molecule has 1 fully saturated rings. The van der Waals surface area contributed by atoms with Crippen molar-refractivity contribution in [3.63, 3.8) is 0 Å². The van der Waals surface area contributed by atoms with Gasteiger partial charge in [0, 0.05) is 11.8 Å². The molecule has 0 aromatic heterocycles. The number of carbonyl (C=O) groups excluding carboxylic acids is 1. The van der Waals surface area contributed by atoms with E-state index in [0.29, 0.717) is 11.5 Å². The van der Waals surface area contributed by atoms with E-state index in [1.54, 1.807) is 13.2 Å². The Bertz CT molecular complexity index is 750. The van der Waals surface area contributed by atoms with Gasteiger partial charge in [0.15, 0.2) is 11.5 Å². The third kappa shape index (κ3) is 2.38. The van der Waals surface area contributed by atoms with Crippen LogP contribution >= 0.6 is 0 Å². The van der Waals surface area contributed by atoms with Gasteiger partial charge >= 0.3 is 0 Å². The quantitative estimate of drug-likeness (QED) is 0.942. The van der Waals surface area contributed by atoms with Crippen LogP contribution in [0.15, 0.2) is 42.5 Å². The monoisotopic (exact) mass is 311 g/mol. The summed E-state index contributed by atoms with van der Waals surface area (Å²) in [7, 11) is 1.63. The number of rotatable bonds is 4. The molecule has 1 N–H and O–H groups in total. The lowest BCUT2D eigenvalue weighted by atomic mass is 9.95. The number of ether oxygens (including phenoxy) is 3. The van der Waals surface area contributed by atoms with E-state index in [1.807, 2.05) is 36.4 Å². The zero-order chi connectivity index (χ0) is 15.9. The largest absolute Gasteiger partial charge is 0.497 e. The van der Waals surface area contributed by atoms with Gasteiger partial charge in [-0.1, -0.05) is 12.1 Å². The molecule has 2 aromatic carbocycles. The van der Waals surface area contributed by atoms with Gasteiger partial charge in [-0.25, -0.2) is 0 Å². The van der Waals surface area contributed by atoms with Crippen molar-refractivity contribution in [3.05, 3.63) is 48.0 Å². The first-order valence-electron chi connectivity index (χ1n) is 7.57. The summed E-state index contributed by atoms with van der Waals surface area (Å²) in [5.74, 6) is 2.18. The van der Waals surface area contributed by atoms with Gasteiger partial charge in [0.25, 0.3) is 0 Å². The van der Waals surface area contributed by atoms with Gasteiger partial charge < -0.3 is 19.5 Å². The lowest BCUT2D eigenvalue weighted by Crippen LogP contribution is -2.27. The van der Waals surface area contributed by atoms with E-state index in [0.717, 1.165) is 29.8 Å². The fraction of sp³-hybridized carbons (Fsp3) is 0.278. The van der Waals surface area contributed by atoms with Gasteiger partial charge in [-0.2, -0.15) is 0 Å². The van der Waals surface area contributed by atoms with E-state index in [4.69, 9.17) is 14.2 Å². The van der Waals surface area contributed by atoms with Crippen molar-refractivity contribution in [2.45, 2.75) is 18.3 Å². The molecule has 1 aliphatic heterocycles. The number of hydrogen-bond acceptors (Lipinski definition) is 4. The highest BCUT2D eigenvalue weighted by Crippen LogP contribution is 2.49. The summed E-state index contributed by atoms with van der Waals surface area (Å²) in [6.45, 7) is 0.225. The van der Waals surface area contributed by atoms with Crippen molar-refractivity contribution in [1.82, 2.24) is 0 Å². The van der Waals surface area contributed by atoms with Crippen molar-refractivity contribution >= 4 is 11.6 Å². The standard InChI is InChI=1S/C18H17NO4/c1-21-14-5-2-12(3-6-14)18(8-9-18)17(20)19-13-4-7-15-16(10-13)23-11-22-15/h2-7,10H,8-9,11H2,1H3,(H,19,20). The van der Waals surface area contributed by atoms with Crippen LogP contribution in [-0.4, -0.2) is 19.8 Å². The number of fused-ring (bicyclic) bond motifs is 1. The second-order valence-corrected chi connectivity index (χ2v) is 5.83. The summed E-state index contributed by atoms with van der Waals surface area (Å²) in [5.41, 5.74) is 1.32. The van der Waals surface area contributed by atoms with E-state index in [9.17, 15) is 4.79 Å². The Hall–Kier alpha value is -2.69. The number of carbonyl (C=O) groups is 1. The Balaban J connectivity index is 1.54. The summed E-state index contributed by atoms with van der Waals surface area (Å²) in [4.78, 5) is 12.7. The number of anilines is 1. The van der Waals surface area contributed by atoms with Crippen LogP contribution < -0.4 is 19.5 Å². The zero-order valence-electron chi connectivity index (χ0n) is 12.8. The molecule has 5 nitrogen and oxygen atoms in total. The van der Waals surface area contributed by atoms with Gasteiger partial charge in [0.1, 0.15) is 5.75 Å². The molecule has 1 heterocycles. The topological polar surface area (TPSA) is 56.8 Å². The first kappa shape index (κ1) is 13.9. The van der Waals surface area contributed by atoms with Crippen molar-refractivity contribution in [1.29, 1.82) is 0 Å². The lowest BCUT2D eigenvalue weighted by Gasteiger charge is -2.16. The van der Waals surface area contributed by atoms with Gasteiger partial charge in [-0.3, -0.25) is 4.79 Å². The highest BCUT2D eigenvalue weighted by Gasteiger charge is 2.51. The van der Waals surface area contributed by atoms with Crippen molar-refractivity contribution in [2.75, 3.05) is 19.2 Å². The predicted molar refractivity (Wildman–Crippen MR) is 85.1 cm³/mol. The highest BCUT2D eigenvalue weighted by molar-refractivity contribution is 6.01.